The fraction of sp³-hybridized carbons (Fsp3) is 0.692. The van der Waals surface area contributed by atoms with Crippen LogP contribution in [-0.4, -0.2) is 89.6 Å². The number of hydrogen-bond donors (Lipinski definition) is 3. The Labute approximate surface area is 218 Å². The lowest BCUT2D eigenvalue weighted by Crippen LogP contribution is -2.56. The van der Waals surface area contributed by atoms with Gasteiger partial charge in [0.2, 0.25) is 11.8 Å². The molecule has 11 heteroatoms. The summed E-state index contributed by atoms with van der Waals surface area (Å²) in [6.45, 7) is 14.8. The summed E-state index contributed by atoms with van der Waals surface area (Å²) in [4.78, 5) is 53.1. The first-order valence-electron chi connectivity index (χ1n) is 12.7. The number of β-amino-alcohol motifs (C(OH)–C–C–N with tert-alkyl or cyclic N) is 1. The highest BCUT2D eigenvalue weighted by molar-refractivity contribution is 5.96. The topological polar surface area (TPSA) is 143 Å². The number of aliphatic hydroxyl groups excluding tert-OH is 1. The van der Waals surface area contributed by atoms with Crippen molar-refractivity contribution in [1.29, 1.82) is 0 Å². The van der Waals surface area contributed by atoms with Crippen LogP contribution in [0.5, 0.6) is 0 Å². The molecule has 0 unspecified atom stereocenters. The molecule has 0 aromatic rings. The predicted molar refractivity (Wildman–Crippen MR) is 135 cm³/mol. The van der Waals surface area contributed by atoms with Crippen LogP contribution in [0.4, 0.5) is 4.79 Å². The molecular formula is C26H41N3O8. The van der Waals surface area contributed by atoms with Crippen molar-refractivity contribution in [2.24, 2.45) is 5.92 Å². The Morgan fingerprint density at radius 3 is 2.51 bits per heavy atom. The molecule has 3 amide bonds. The Balaban J connectivity index is 2.17. The standard InChI is InChI=1S/C26H41N3O8/c1-7-12-35-13-10-11-19(27-24(34)37-25(4,5)6)22(32)29-16-18(30)14-20(29)21(31)28-26(15-17(26)8-2)23(33)36-9-3/h7-8,17-20,30H,1-2,9-16H2,3-6H3,(H,27,34)(H,28,31)/t17-,18-,19+,20+,26-/m1/s1. The zero-order valence-corrected chi connectivity index (χ0v) is 22.3. The number of nitrogens with zero attached hydrogens (tertiary/aromatic N) is 1. The van der Waals surface area contributed by atoms with E-state index in [0.717, 1.165) is 0 Å². The molecule has 3 N–H and O–H groups in total. The van der Waals surface area contributed by atoms with Gasteiger partial charge >= 0.3 is 12.1 Å². The van der Waals surface area contributed by atoms with E-state index in [9.17, 15) is 24.3 Å². The molecule has 5 atom stereocenters. The van der Waals surface area contributed by atoms with Crippen molar-refractivity contribution in [2.45, 2.75) is 82.7 Å². The maximum Gasteiger partial charge on any atom is 0.408 e. The van der Waals surface area contributed by atoms with Crippen LogP contribution in [0.3, 0.4) is 0 Å². The summed E-state index contributed by atoms with van der Waals surface area (Å²) in [5.74, 6) is -1.96. The summed E-state index contributed by atoms with van der Waals surface area (Å²) in [6, 6.07) is -2.04. The zero-order valence-electron chi connectivity index (χ0n) is 22.3. The molecular weight excluding hydrogens is 482 g/mol. The highest BCUT2D eigenvalue weighted by atomic mass is 16.6. The minimum Gasteiger partial charge on any atom is -0.464 e. The minimum absolute atomic E-state index is 0.00314. The van der Waals surface area contributed by atoms with Gasteiger partial charge in [-0.15, -0.1) is 13.2 Å². The van der Waals surface area contributed by atoms with Crippen molar-refractivity contribution < 1.29 is 38.5 Å². The summed E-state index contributed by atoms with van der Waals surface area (Å²) in [6.07, 6.45) is 2.49. The average molecular weight is 524 g/mol. The molecule has 0 bridgehead atoms. The second kappa shape index (κ2) is 13.0. The van der Waals surface area contributed by atoms with Gasteiger partial charge in [0.15, 0.2) is 0 Å². The van der Waals surface area contributed by atoms with Gasteiger partial charge in [-0.25, -0.2) is 9.59 Å². The molecule has 0 radical (unpaired) electrons. The van der Waals surface area contributed by atoms with E-state index in [1.165, 1.54) is 4.90 Å². The lowest BCUT2D eigenvalue weighted by Gasteiger charge is -2.30. The van der Waals surface area contributed by atoms with Crippen LogP contribution >= 0.6 is 0 Å². The first-order chi connectivity index (χ1) is 17.4. The molecule has 1 aliphatic carbocycles. The summed E-state index contributed by atoms with van der Waals surface area (Å²) in [5, 5.41) is 15.7. The van der Waals surface area contributed by atoms with Gasteiger partial charge in [0.1, 0.15) is 23.2 Å². The number of amides is 3. The molecule has 0 aromatic heterocycles. The summed E-state index contributed by atoms with van der Waals surface area (Å²) in [5.41, 5.74) is -2.00. The molecule has 2 aliphatic rings. The maximum atomic E-state index is 13.6. The molecule has 2 rings (SSSR count). The monoisotopic (exact) mass is 523 g/mol. The van der Waals surface area contributed by atoms with E-state index >= 15 is 0 Å². The first-order valence-corrected chi connectivity index (χ1v) is 12.7. The van der Waals surface area contributed by atoms with Gasteiger partial charge in [-0.1, -0.05) is 12.2 Å². The van der Waals surface area contributed by atoms with E-state index in [-0.39, 0.29) is 31.9 Å². The molecule has 0 aromatic carbocycles. The number of rotatable bonds is 13. The number of likely N-dealkylation sites (tertiary alicyclic amines) is 1. The molecule has 37 heavy (non-hydrogen) atoms. The number of alkyl carbamates (subject to hydrolysis) is 1. The maximum absolute atomic E-state index is 13.6. The Hall–Kier alpha value is -2.92. The van der Waals surface area contributed by atoms with Gasteiger partial charge in [-0.3, -0.25) is 9.59 Å². The van der Waals surface area contributed by atoms with Crippen LogP contribution in [0.15, 0.2) is 25.3 Å². The van der Waals surface area contributed by atoms with Crippen molar-refractivity contribution in [2.75, 3.05) is 26.4 Å². The first kappa shape index (κ1) is 30.3. The normalized spacial score (nSPS) is 25.5. The van der Waals surface area contributed by atoms with E-state index in [1.54, 1.807) is 39.8 Å². The van der Waals surface area contributed by atoms with E-state index in [4.69, 9.17) is 14.2 Å². The quantitative estimate of drug-likeness (QED) is 0.187. The predicted octanol–water partition coefficient (Wildman–Crippen LogP) is 1.45. The number of nitrogens with one attached hydrogen (secondary N) is 2. The van der Waals surface area contributed by atoms with Crippen LogP contribution in [0, 0.1) is 5.92 Å². The van der Waals surface area contributed by atoms with Crippen molar-refractivity contribution in [3.63, 3.8) is 0 Å². The Morgan fingerprint density at radius 1 is 1.24 bits per heavy atom. The highest BCUT2D eigenvalue weighted by Gasteiger charge is 2.62. The van der Waals surface area contributed by atoms with Crippen molar-refractivity contribution in [1.82, 2.24) is 15.5 Å². The molecule has 1 aliphatic heterocycles. The smallest absolute Gasteiger partial charge is 0.408 e. The Kier molecular flexibility index (Phi) is 10.7. The largest absolute Gasteiger partial charge is 0.464 e. The van der Waals surface area contributed by atoms with Crippen molar-refractivity contribution in [3.8, 4) is 0 Å². The van der Waals surface area contributed by atoms with Crippen molar-refractivity contribution in [3.05, 3.63) is 25.3 Å². The zero-order chi connectivity index (χ0) is 27.8. The molecule has 2 fully saturated rings. The number of aliphatic hydroxyl groups is 1. The SMILES string of the molecule is C=CCOCCC[C@H](NC(=O)OC(C)(C)C)C(=O)N1C[C@H](O)C[C@H]1C(=O)N[C@]1(C(=O)OCC)C[C@H]1C=C. The third-order valence-electron chi connectivity index (χ3n) is 6.16. The molecule has 208 valence electrons. The number of esters is 1. The summed E-state index contributed by atoms with van der Waals surface area (Å²) >= 11 is 0. The summed E-state index contributed by atoms with van der Waals surface area (Å²) < 4.78 is 15.8. The van der Waals surface area contributed by atoms with Gasteiger partial charge < -0.3 is 34.9 Å². The number of carbonyl (C=O) groups excluding carboxylic acids is 4. The second-order valence-corrected chi connectivity index (χ2v) is 10.3. The third kappa shape index (κ3) is 8.29. The Morgan fingerprint density at radius 2 is 1.95 bits per heavy atom. The molecule has 11 nitrogen and oxygen atoms in total. The van der Waals surface area contributed by atoms with Gasteiger partial charge in [-0.05, 0) is 47.0 Å². The Bertz CT molecular complexity index is 870. The molecule has 1 saturated carbocycles. The molecule has 0 spiro atoms. The second-order valence-electron chi connectivity index (χ2n) is 10.3. The molecule has 1 heterocycles. The number of hydrogen-bond acceptors (Lipinski definition) is 8. The summed E-state index contributed by atoms with van der Waals surface area (Å²) in [7, 11) is 0. The van der Waals surface area contributed by atoms with Gasteiger partial charge in [0.25, 0.3) is 0 Å². The van der Waals surface area contributed by atoms with Gasteiger partial charge in [-0.2, -0.15) is 0 Å². The van der Waals surface area contributed by atoms with Gasteiger partial charge in [0, 0.05) is 25.5 Å². The van der Waals surface area contributed by atoms with Crippen LogP contribution < -0.4 is 10.6 Å². The lowest BCUT2D eigenvalue weighted by atomic mass is 10.1. The van der Waals surface area contributed by atoms with E-state index in [1.807, 2.05) is 0 Å². The third-order valence-corrected chi connectivity index (χ3v) is 6.16. The fourth-order valence-corrected chi connectivity index (χ4v) is 4.33. The molecule has 1 saturated heterocycles. The van der Waals surface area contributed by atoms with Crippen LogP contribution in [-0.2, 0) is 28.6 Å². The average Bonchev–Trinajstić information content (AvgIpc) is 3.39. The number of ether oxygens (including phenoxy) is 3. The fourth-order valence-electron chi connectivity index (χ4n) is 4.33. The van der Waals surface area contributed by atoms with Crippen LogP contribution in [0.2, 0.25) is 0 Å². The lowest BCUT2D eigenvalue weighted by molar-refractivity contribution is -0.150. The van der Waals surface area contributed by atoms with E-state index in [2.05, 4.69) is 23.8 Å². The van der Waals surface area contributed by atoms with Crippen LogP contribution in [0.25, 0.3) is 0 Å². The van der Waals surface area contributed by atoms with Crippen LogP contribution in [0.1, 0.15) is 53.4 Å². The van der Waals surface area contributed by atoms with Gasteiger partial charge in [0.05, 0.1) is 19.3 Å². The van der Waals surface area contributed by atoms with E-state index in [0.29, 0.717) is 26.1 Å². The highest BCUT2D eigenvalue weighted by Crippen LogP contribution is 2.45. The number of carbonyl (C=O) groups is 4. The van der Waals surface area contributed by atoms with Crippen molar-refractivity contribution >= 4 is 23.9 Å². The van der Waals surface area contributed by atoms with E-state index < -0.39 is 53.2 Å². The minimum atomic E-state index is -1.23.